The van der Waals surface area contributed by atoms with Crippen molar-refractivity contribution in [2.75, 3.05) is 0 Å². The molecule has 0 fully saturated rings. The van der Waals surface area contributed by atoms with Crippen molar-refractivity contribution in [1.82, 2.24) is 9.78 Å². The van der Waals surface area contributed by atoms with E-state index < -0.39 is 0 Å². The molecule has 1 rings (SSSR count). The molecule has 1 aromatic rings. The van der Waals surface area contributed by atoms with Crippen LogP contribution in [0.4, 0.5) is 0 Å². The predicted molar refractivity (Wildman–Crippen MR) is 46.1 cm³/mol. The van der Waals surface area contributed by atoms with Crippen LogP contribution in [0.1, 0.15) is 26.8 Å². The Labute approximate surface area is 68.2 Å². The standard InChI is InChI=1S/C9H15N2/c1-8(9(2,3)4)11-7-5-6-10-11/h5-8H,1H2,2-4H3. The zero-order valence-corrected chi connectivity index (χ0v) is 7.41. The van der Waals surface area contributed by atoms with E-state index in [1.807, 2.05) is 16.9 Å². The number of nitrogens with zero attached hydrogens (tertiary/aromatic N) is 2. The number of hydrogen-bond acceptors (Lipinski definition) is 1. The lowest BCUT2D eigenvalue weighted by Gasteiger charge is -2.27. The highest BCUT2D eigenvalue weighted by atomic mass is 15.3. The zero-order valence-electron chi connectivity index (χ0n) is 7.41. The molecule has 0 spiro atoms. The molecule has 1 unspecified atom stereocenters. The second kappa shape index (κ2) is 2.68. The number of hydrogen-bond donors (Lipinski definition) is 0. The lowest BCUT2D eigenvalue weighted by atomic mass is 9.88. The van der Waals surface area contributed by atoms with Gasteiger partial charge in [-0.05, 0) is 18.4 Å². The van der Waals surface area contributed by atoms with Gasteiger partial charge in [0.25, 0.3) is 0 Å². The summed E-state index contributed by atoms with van der Waals surface area (Å²) in [5, 5.41) is 4.14. The molecule has 0 saturated carbocycles. The van der Waals surface area contributed by atoms with Gasteiger partial charge in [0.15, 0.2) is 0 Å². The summed E-state index contributed by atoms with van der Waals surface area (Å²) < 4.78 is 1.89. The maximum absolute atomic E-state index is 4.14. The third kappa shape index (κ3) is 1.82. The first kappa shape index (κ1) is 8.31. The van der Waals surface area contributed by atoms with Crippen LogP contribution in [0.2, 0.25) is 0 Å². The molecule has 2 nitrogen and oxygen atoms in total. The summed E-state index contributed by atoms with van der Waals surface area (Å²) in [6.45, 7) is 10.5. The van der Waals surface area contributed by atoms with Crippen LogP contribution in [0.15, 0.2) is 18.5 Å². The lowest BCUT2D eigenvalue weighted by Crippen LogP contribution is -2.21. The van der Waals surface area contributed by atoms with Gasteiger partial charge in [-0.25, -0.2) is 0 Å². The van der Waals surface area contributed by atoms with Crippen molar-refractivity contribution in [2.24, 2.45) is 5.41 Å². The summed E-state index contributed by atoms with van der Waals surface area (Å²) in [5.74, 6) is 0. The molecular formula is C9H15N2. The Morgan fingerprint density at radius 2 is 2.09 bits per heavy atom. The minimum Gasteiger partial charge on any atom is -0.269 e. The Balaban J connectivity index is 2.78. The second-order valence-electron chi connectivity index (χ2n) is 3.87. The van der Waals surface area contributed by atoms with E-state index in [4.69, 9.17) is 0 Å². The Hall–Kier alpha value is -0.790. The van der Waals surface area contributed by atoms with E-state index in [9.17, 15) is 0 Å². The van der Waals surface area contributed by atoms with E-state index >= 15 is 0 Å². The van der Waals surface area contributed by atoms with Crippen LogP contribution in [0.5, 0.6) is 0 Å². The normalized spacial score (nSPS) is 14.9. The predicted octanol–water partition coefficient (Wildman–Crippen LogP) is 2.30. The molecule has 1 radical (unpaired) electrons. The molecule has 0 aliphatic rings. The topological polar surface area (TPSA) is 17.8 Å². The quantitative estimate of drug-likeness (QED) is 0.602. The van der Waals surface area contributed by atoms with Crippen molar-refractivity contribution in [3.05, 3.63) is 25.4 Å². The van der Waals surface area contributed by atoms with E-state index in [0.29, 0.717) is 0 Å². The Morgan fingerprint density at radius 1 is 1.45 bits per heavy atom. The van der Waals surface area contributed by atoms with E-state index in [1.54, 1.807) is 6.20 Å². The van der Waals surface area contributed by atoms with Crippen LogP contribution in [0.25, 0.3) is 0 Å². The molecule has 11 heavy (non-hydrogen) atoms. The molecular weight excluding hydrogens is 136 g/mol. The minimum absolute atomic E-state index is 0.173. The molecule has 1 aromatic heterocycles. The van der Waals surface area contributed by atoms with E-state index in [2.05, 4.69) is 32.8 Å². The molecule has 0 aliphatic carbocycles. The van der Waals surface area contributed by atoms with Gasteiger partial charge in [0, 0.05) is 12.4 Å². The molecule has 1 atom stereocenters. The van der Waals surface area contributed by atoms with Gasteiger partial charge in [-0.3, -0.25) is 4.68 Å². The molecule has 1 heterocycles. The molecule has 61 valence electrons. The Morgan fingerprint density at radius 3 is 2.45 bits per heavy atom. The fourth-order valence-corrected chi connectivity index (χ4v) is 0.862. The molecule has 0 aliphatic heterocycles. The average molecular weight is 151 g/mol. The summed E-state index contributed by atoms with van der Waals surface area (Å²) in [6.07, 6.45) is 3.73. The first-order valence-corrected chi connectivity index (χ1v) is 3.84. The number of rotatable bonds is 1. The van der Waals surface area contributed by atoms with Crippen LogP contribution < -0.4 is 0 Å². The zero-order chi connectivity index (χ0) is 8.48. The Kier molecular flexibility index (Phi) is 2.03. The van der Waals surface area contributed by atoms with E-state index in [-0.39, 0.29) is 11.5 Å². The highest BCUT2D eigenvalue weighted by Crippen LogP contribution is 2.28. The fraction of sp³-hybridized carbons (Fsp3) is 0.556. The minimum atomic E-state index is 0.173. The van der Waals surface area contributed by atoms with E-state index in [0.717, 1.165) is 0 Å². The van der Waals surface area contributed by atoms with Crippen LogP contribution in [-0.4, -0.2) is 9.78 Å². The van der Waals surface area contributed by atoms with Crippen molar-refractivity contribution in [3.63, 3.8) is 0 Å². The third-order valence-electron chi connectivity index (χ3n) is 1.84. The van der Waals surface area contributed by atoms with Crippen LogP contribution in [0, 0.1) is 12.3 Å². The SMILES string of the molecule is [CH2]C(n1cccn1)C(C)(C)C. The maximum atomic E-state index is 4.14. The van der Waals surface area contributed by atoms with Gasteiger partial charge in [-0.2, -0.15) is 5.10 Å². The fourth-order valence-electron chi connectivity index (χ4n) is 0.862. The molecule has 0 bridgehead atoms. The molecule has 2 heteroatoms. The first-order valence-electron chi connectivity index (χ1n) is 3.84. The summed E-state index contributed by atoms with van der Waals surface area (Å²) in [4.78, 5) is 0. The molecule has 0 N–H and O–H groups in total. The first-order chi connectivity index (χ1) is 5.02. The van der Waals surface area contributed by atoms with Crippen LogP contribution in [0.3, 0.4) is 0 Å². The van der Waals surface area contributed by atoms with Crippen molar-refractivity contribution >= 4 is 0 Å². The molecule has 0 saturated heterocycles. The summed E-state index contributed by atoms with van der Waals surface area (Å²) in [7, 11) is 0. The van der Waals surface area contributed by atoms with Crippen molar-refractivity contribution in [1.29, 1.82) is 0 Å². The van der Waals surface area contributed by atoms with Gasteiger partial charge in [-0.15, -0.1) is 0 Å². The maximum Gasteiger partial charge on any atom is 0.0568 e. The van der Waals surface area contributed by atoms with Gasteiger partial charge in [0.2, 0.25) is 0 Å². The van der Waals surface area contributed by atoms with Gasteiger partial charge in [0.05, 0.1) is 6.04 Å². The third-order valence-corrected chi connectivity index (χ3v) is 1.84. The summed E-state index contributed by atoms with van der Waals surface area (Å²) in [5.41, 5.74) is 0.173. The van der Waals surface area contributed by atoms with Crippen molar-refractivity contribution in [2.45, 2.75) is 26.8 Å². The molecule has 0 aromatic carbocycles. The largest absolute Gasteiger partial charge is 0.269 e. The van der Waals surface area contributed by atoms with Crippen molar-refractivity contribution < 1.29 is 0 Å². The number of aromatic nitrogens is 2. The van der Waals surface area contributed by atoms with Gasteiger partial charge < -0.3 is 0 Å². The van der Waals surface area contributed by atoms with Crippen LogP contribution in [-0.2, 0) is 0 Å². The summed E-state index contributed by atoms with van der Waals surface area (Å²) >= 11 is 0. The van der Waals surface area contributed by atoms with Crippen LogP contribution >= 0.6 is 0 Å². The second-order valence-corrected chi connectivity index (χ2v) is 3.87. The average Bonchev–Trinajstić information content (AvgIpc) is 2.34. The summed E-state index contributed by atoms with van der Waals surface area (Å²) in [6, 6.07) is 2.13. The smallest absolute Gasteiger partial charge is 0.0568 e. The highest BCUT2D eigenvalue weighted by molar-refractivity contribution is 4.87. The Bertz CT molecular complexity index is 206. The monoisotopic (exact) mass is 151 g/mol. The lowest BCUT2D eigenvalue weighted by molar-refractivity contribution is 0.271. The van der Waals surface area contributed by atoms with Gasteiger partial charge >= 0.3 is 0 Å². The van der Waals surface area contributed by atoms with Crippen molar-refractivity contribution in [3.8, 4) is 0 Å². The van der Waals surface area contributed by atoms with Gasteiger partial charge in [-0.1, -0.05) is 20.8 Å². The molecule has 0 amide bonds. The van der Waals surface area contributed by atoms with E-state index in [1.165, 1.54) is 0 Å². The highest BCUT2D eigenvalue weighted by Gasteiger charge is 2.21. The van der Waals surface area contributed by atoms with Gasteiger partial charge in [0.1, 0.15) is 0 Å².